The first-order chi connectivity index (χ1) is 6.83. The molecule has 2 nitrogen and oxygen atoms in total. The van der Waals surface area contributed by atoms with Gasteiger partial charge in [0.2, 0.25) is 0 Å². The lowest BCUT2D eigenvalue weighted by molar-refractivity contribution is 0.145. The van der Waals surface area contributed by atoms with Gasteiger partial charge in [0.25, 0.3) is 0 Å². The van der Waals surface area contributed by atoms with Crippen molar-refractivity contribution in [2.75, 3.05) is 19.6 Å². The maximum absolute atomic E-state index is 3.52. The van der Waals surface area contributed by atoms with Gasteiger partial charge in [-0.3, -0.25) is 4.90 Å². The van der Waals surface area contributed by atoms with Crippen LogP contribution < -0.4 is 5.32 Å². The predicted octanol–water partition coefficient (Wildman–Crippen LogP) is 2.28. The fraction of sp³-hybridized carbons (Fsp3) is 1.00. The summed E-state index contributed by atoms with van der Waals surface area (Å²) in [5.74, 6) is 0.955. The third kappa shape index (κ3) is 2.86. The van der Waals surface area contributed by atoms with Crippen LogP contribution in [0.1, 0.15) is 39.5 Å². The second kappa shape index (κ2) is 6.07. The quantitative estimate of drug-likeness (QED) is 0.786. The monoisotopic (exact) mass is 232 g/mol. The van der Waals surface area contributed by atoms with Gasteiger partial charge in [0, 0.05) is 18.6 Å². The highest BCUT2D eigenvalue weighted by Gasteiger charge is 2.34. The van der Waals surface area contributed by atoms with Crippen molar-refractivity contribution in [3.8, 4) is 0 Å². The molecule has 2 rings (SSSR count). The summed E-state index contributed by atoms with van der Waals surface area (Å²) in [6.45, 7) is 8.56. The summed E-state index contributed by atoms with van der Waals surface area (Å²) in [7, 11) is 0. The van der Waals surface area contributed by atoms with E-state index in [1.807, 2.05) is 0 Å². The summed E-state index contributed by atoms with van der Waals surface area (Å²) in [5.41, 5.74) is 0. The highest BCUT2D eigenvalue weighted by atomic mass is 35.5. The molecule has 15 heavy (non-hydrogen) atoms. The molecule has 2 saturated heterocycles. The number of nitrogens with one attached hydrogen (secondary N) is 1. The Labute approximate surface area is 100 Å². The first kappa shape index (κ1) is 13.3. The van der Waals surface area contributed by atoms with Gasteiger partial charge in [0.05, 0.1) is 0 Å². The summed E-state index contributed by atoms with van der Waals surface area (Å²) in [4.78, 5) is 2.75. The van der Waals surface area contributed by atoms with Crippen molar-refractivity contribution in [3.63, 3.8) is 0 Å². The first-order valence-corrected chi connectivity index (χ1v) is 6.29. The molecule has 3 heteroatoms. The maximum atomic E-state index is 3.52. The molecule has 1 N–H and O–H groups in total. The molecule has 0 aromatic rings. The lowest BCUT2D eigenvalue weighted by Gasteiger charge is -2.35. The van der Waals surface area contributed by atoms with Crippen LogP contribution in [-0.4, -0.2) is 36.6 Å². The molecule has 2 heterocycles. The van der Waals surface area contributed by atoms with E-state index < -0.39 is 0 Å². The van der Waals surface area contributed by atoms with Crippen LogP contribution >= 0.6 is 12.4 Å². The number of piperidine rings is 1. The van der Waals surface area contributed by atoms with Gasteiger partial charge in [-0.1, -0.05) is 13.3 Å². The van der Waals surface area contributed by atoms with Crippen molar-refractivity contribution >= 4 is 12.4 Å². The number of nitrogens with zero attached hydrogens (tertiary/aromatic N) is 1. The zero-order valence-corrected chi connectivity index (χ0v) is 10.9. The Morgan fingerprint density at radius 1 is 1.33 bits per heavy atom. The van der Waals surface area contributed by atoms with Crippen molar-refractivity contribution in [3.05, 3.63) is 0 Å². The van der Waals surface area contributed by atoms with Crippen LogP contribution in [0.5, 0.6) is 0 Å². The zero-order valence-electron chi connectivity index (χ0n) is 10.0. The minimum Gasteiger partial charge on any atom is -0.315 e. The Morgan fingerprint density at radius 3 is 2.67 bits per heavy atom. The Morgan fingerprint density at radius 2 is 2.13 bits per heavy atom. The average molecular weight is 233 g/mol. The van der Waals surface area contributed by atoms with E-state index in [9.17, 15) is 0 Å². The van der Waals surface area contributed by atoms with Gasteiger partial charge in [0.15, 0.2) is 0 Å². The Hall–Kier alpha value is 0.210. The standard InChI is InChI=1S/C12H24N2.ClH/c1-3-11-6-8-14(10(11)2)12-5-4-7-13-9-12;/h10-13H,3-9H2,1-2H3;1H. The van der Waals surface area contributed by atoms with Crippen molar-refractivity contribution in [2.24, 2.45) is 5.92 Å². The molecule has 0 aliphatic carbocycles. The second-order valence-electron chi connectivity index (χ2n) is 4.94. The molecule has 0 aromatic carbocycles. The average Bonchev–Trinajstić information content (AvgIpc) is 2.61. The molecule has 2 aliphatic heterocycles. The summed E-state index contributed by atoms with van der Waals surface area (Å²) >= 11 is 0. The molecule has 0 radical (unpaired) electrons. The third-order valence-electron chi connectivity index (χ3n) is 4.23. The number of halogens is 1. The molecule has 2 aliphatic rings. The van der Waals surface area contributed by atoms with E-state index in [-0.39, 0.29) is 12.4 Å². The summed E-state index contributed by atoms with van der Waals surface area (Å²) in [6.07, 6.45) is 5.56. The number of hydrogen-bond donors (Lipinski definition) is 1. The highest BCUT2D eigenvalue weighted by molar-refractivity contribution is 5.85. The van der Waals surface area contributed by atoms with E-state index in [2.05, 4.69) is 24.1 Å². The molecular formula is C12H25ClN2. The Bertz CT molecular complexity index is 180. The molecule has 3 atom stereocenters. The van der Waals surface area contributed by atoms with Crippen molar-refractivity contribution in [1.29, 1.82) is 0 Å². The van der Waals surface area contributed by atoms with Crippen LogP contribution in [-0.2, 0) is 0 Å². The van der Waals surface area contributed by atoms with Crippen LogP contribution in [0.4, 0.5) is 0 Å². The summed E-state index contributed by atoms with van der Waals surface area (Å²) in [6, 6.07) is 1.65. The normalized spacial score (nSPS) is 37.6. The molecule has 90 valence electrons. The highest BCUT2D eigenvalue weighted by Crippen LogP contribution is 2.29. The van der Waals surface area contributed by atoms with Gasteiger partial charge in [-0.2, -0.15) is 0 Å². The van der Waals surface area contributed by atoms with E-state index in [1.165, 1.54) is 45.3 Å². The van der Waals surface area contributed by atoms with Crippen molar-refractivity contribution < 1.29 is 0 Å². The van der Waals surface area contributed by atoms with Gasteiger partial charge >= 0.3 is 0 Å². The molecule has 0 spiro atoms. The fourth-order valence-electron chi connectivity index (χ4n) is 3.21. The van der Waals surface area contributed by atoms with Gasteiger partial charge in [0.1, 0.15) is 0 Å². The number of hydrogen-bond acceptors (Lipinski definition) is 2. The van der Waals surface area contributed by atoms with E-state index in [1.54, 1.807) is 0 Å². The Balaban J connectivity index is 0.00000112. The third-order valence-corrected chi connectivity index (χ3v) is 4.23. The first-order valence-electron chi connectivity index (χ1n) is 6.29. The molecule has 0 bridgehead atoms. The van der Waals surface area contributed by atoms with Crippen LogP contribution in [0.25, 0.3) is 0 Å². The second-order valence-corrected chi connectivity index (χ2v) is 4.94. The van der Waals surface area contributed by atoms with Gasteiger partial charge in [-0.05, 0) is 45.2 Å². The SMILES string of the molecule is CCC1CCN(C2CCCNC2)C1C.Cl. The molecule has 3 unspecified atom stereocenters. The van der Waals surface area contributed by atoms with E-state index in [0.29, 0.717) is 0 Å². The predicted molar refractivity (Wildman–Crippen MR) is 67.7 cm³/mol. The van der Waals surface area contributed by atoms with Crippen molar-refractivity contribution in [1.82, 2.24) is 10.2 Å². The summed E-state index contributed by atoms with van der Waals surface area (Å²) in [5, 5.41) is 3.52. The van der Waals surface area contributed by atoms with Crippen LogP contribution in [0, 0.1) is 5.92 Å². The molecule has 2 fully saturated rings. The van der Waals surface area contributed by atoms with Crippen LogP contribution in [0.3, 0.4) is 0 Å². The van der Waals surface area contributed by atoms with E-state index in [4.69, 9.17) is 0 Å². The molecule has 0 aromatic heterocycles. The minimum absolute atomic E-state index is 0. The van der Waals surface area contributed by atoms with E-state index in [0.717, 1.165) is 18.0 Å². The van der Waals surface area contributed by atoms with Crippen LogP contribution in [0.15, 0.2) is 0 Å². The zero-order chi connectivity index (χ0) is 9.97. The maximum Gasteiger partial charge on any atom is 0.0224 e. The molecule has 0 amide bonds. The minimum atomic E-state index is 0. The Kier molecular flexibility index (Phi) is 5.37. The number of likely N-dealkylation sites (tertiary alicyclic amines) is 1. The smallest absolute Gasteiger partial charge is 0.0224 e. The lowest BCUT2D eigenvalue weighted by Crippen LogP contribution is -2.48. The van der Waals surface area contributed by atoms with Crippen LogP contribution in [0.2, 0.25) is 0 Å². The number of rotatable bonds is 2. The lowest BCUT2D eigenvalue weighted by atomic mass is 9.98. The van der Waals surface area contributed by atoms with Crippen molar-refractivity contribution in [2.45, 2.75) is 51.6 Å². The fourth-order valence-corrected chi connectivity index (χ4v) is 3.21. The van der Waals surface area contributed by atoms with Gasteiger partial charge in [-0.15, -0.1) is 12.4 Å². The van der Waals surface area contributed by atoms with E-state index >= 15 is 0 Å². The van der Waals surface area contributed by atoms with Gasteiger partial charge < -0.3 is 5.32 Å². The summed E-state index contributed by atoms with van der Waals surface area (Å²) < 4.78 is 0. The largest absolute Gasteiger partial charge is 0.315 e. The topological polar surface area (TPSA) is 15.3 Å². The molecule has 0 saturated carbocycles. The molecular weight excluding hydrogens is 208 g/mol. The van der Waals surface area contributed by atoms with Gasteiger partial charge in [-0.25, -0.2) is 0 Å².